The standard InChI is InChI=1S/C20H18F3NO4/c21-20(22,23)16-9-10-17(18(25)26)15(12-16)8-4-5-11-24-19(27)28-13-14-6-2-1-3-7-14/h1-4,6-10,12H,5,11,13H2,(H,24,27)(H,25,26). The highest BCUT2D eigenvalue weighted by atomic mass is 19.4. The van der Waals surface area contributed by atoms with Gasteiger partial charge in [0.15, 0.2) is 0 Å². The molecule has 0 atom stereocenters. The van der Waals surface area contributed by atoms with Crippen LogP contribution in [0.2, 0.25) is 0 Å². The number of carbonyl (C=O) groups excluding carboxylic acids is 1. The molecular formula is C20H18F3NO4. The van der Waals surface area contributed by atoms with E-state index in [2.05, 4.69) is 5.32 Å². The molecule has 0 aliphatic rings. The normalized spacial score (nSPS) is 11.4. The van der Waals surface area contributed by atoms with Gasteiger partial charge in [-0.25, -0.2) is 9.59 Å². The van der Waals surface area contributed by atoms with Crippen molar-refractivity contribution in [2.24, 2.45) is 0 Å². The second kappa shape index (κ2) is 9.59. The third-order valence-electron chi connectivity index (χ3n) is 3.70. The van der Waals surface area contributed by atoms with E-state index in [9.17, 15) is 22.8 Å². The first kappa shape index (κ1) is 21.0. The van der Waals surface area contributed by atoms with Gasteiger partial charge in [0.1, 0.15) is 6.61 Å². The quantitative estimate of drug-likeness (QED) is 0.667. The van der Waals surface area contributed by atoms with Gasteiger partial charge >= 0.3 is 18.2 Å². The minimum atomic E-state index is -4.57. The zero-order valence-electron chi connectivity index (χ0n) is 14.7. The summed E-state index contributed by atoms with van der Waals surface area (Å²) in [6.45, 7) is 0.306. The van der Waals surface area contributed by atoms with E-state index in [-0.39, 0.29) is 30.7 Å². The van der Waals surface area contributed by atoms with Crippen LogP contribution >= 0.6 is 0 Å². The van der Waals surface area contributed by atoms with Gasteiger partial charge in [-0.1, -0.05) is 42.5 Å². The summed E-state index contributed by atoms with van der Waals surface area (Å²) in [6.07, 6.45) is -2.13. The molecule has 2 N–H and O–H groups in total. The highest BCUT2D eigenvalue weighted by Crippen LogP contribution is 2.31. The van der Waals surface area contributed by atoms with Crippen molar-refractivity contribution in [3.05, 3.63) is 76.9 Å². The molecule has 28 heavy (non-hydrogen) atoms. The van der Waals surface area contributed by atoms with Crippen molar-refractivity contribution in [3.63, 3.8) is 0 Å². The molecule has 0 aliphatic heterocycles. The Hall–Kier alpha value is -3.29. The number of halogens is 3. The number of nitrogens with one attached hydrogen (secondary N) is 1. The van der Waals surface area contributed by atoms with Gasteiger partial charge < -0.3 is 15.2 Å². The molecule has 5 nitrogen and oxygen atoms in total. The van der Waals surface area contributed by atoms with Crippen LogP contribution in [-0.2, 0) is 17.5 Å². The predicted molar refractivity (Wildman–Crippen MR) is 96.7 cm³/mol. The van der Waals surface area contributed by atoms with Crippen molar-refractivity contribution >= 4 is 18.1 Å². The Morgan fingerprint density at radius 2 is 1.82 bits per heavy atom. The van der Waals surface area contributed by atoms with Crippen molar-refractivity contribution < 1.29 is 32.6 Å². The van der Waals surface area contributed by atoms with Crippen molar-refractivity contribution in [2.75, 3.05) is 6.54 Å². The maximum atomic E-state index is 12.8. The zero-order chi connectivity index (χ0) is 20.6. The summed E-state index contributed by atoms with van der Waals surface area (Å²) in [5.41, 5.74) is -0.392. The maximum absolute atomic E-state index is 12.8. The minimum Gasteiger partial charge on any atom is -0.478 e. The van der Waals surface area contributed by atoms with Crippen LogP contribution in [0.1, 0.15) is 33.5 Å². The molecule has 2 aromatic carbocycles. The summed E-state index contributed by atoms with van der Waals surface area (Å²) in [4.78, 5) is 22.7. The highest BCUT2D eigenvalue weighted by molar-refractivity contribution is 5.92. The molecule has 148 valence electrons. The van der Waals surface area contributed by atoms with E-state index in [1.807, 2.05) is 30.3 Å². The SMILES string of the molecule is O=C(NCCC=Cc1cc(C(F)(F)F)ccc1C(=O)O)OCc1ccccc1. The average Bonchev–Trinajstić information content (AvgIpc) is 2.66. The monoisotopic (exact) mass is 393 g/mol. The van der Waals surface area contributed by atoms with E-state index in [1.165, 1.54) is 12.2 Å². The third-order valence-corrected chi connectivity index (χ3v) is 3.70. The van der Waals surface area contributed by atoms with Crippen LogP contribution in [0.25, 0.3) is 6.08 Å². The molecule has 2 rings (SSSR count). The number of rotatable bonds is 7. The van der Waals surface area contributed by atoms with Crippen molar-refractivity contribution in [1.29, 1.82) is 0 Å². The Kier molecular flexibility index (Phi) is 7.20. The summed E-state index contributed by atoms with van der Waals surface area (Å²) in [5.74, 6) is -1.32. The molecule has 0 fully saturated rings. The molecule has 1 amide bonds. The van der Waals surface area contributed by atoms with Gasteiger partial charge in [-0.3, -0.25) is 0 Å². The number of carboxylic acid groups (broad SMARTS) is 1. The number of hydrogen-bond acceptors (Lipinski definition) is 3. The van der Waals surface area contributed by atoms with Crippen molar-refractivity contribution in [1.82, 2.24) is 5.32 Å². The number of alkyl carbamates (subject to hydrolysis) is 1. The fourth-order valence-electron chi connectivity index (χ4n) is 2.31. The van der Waals surface area contributed by atoms with E-state index in [0.29, 0.717) is 0 Å². The lowest BCUT2D eigenvalue weighted by Gasteiger charge is -2.09. The van der Waals surface area contributed by atoms with Gasteiger partial charge in [0.05, 0.1) is 11.1 Å². The van der Waals surface area contributed by atoms with E-state index < -0.39 is 23.8 Å². The van der Waals surface area contributed by atoms with Crippen molar-refractivity contribution in [3.8, 4) is 0 Å². The Labute approximate surface area is 159 Å². The van der Waals surface area contributed by atoms with Gasteiger partial charge in [-0.2, -0.15) is 13.2 Å². The maximum Gasteiger partial charge on any atom is 0.416 e. The zero-order valence-corrected chi connectivity index (χ0v) is 14.7. The summed E-state index contributed by atoms with van der Waals surface area (Å²) in [7, 11) is 0. The second-order valence-corrected chi connectivity index (χ2v) is 5.78. The molecule has 0 saturated carbocycles. The first-order valence-corrected chi connectivity index (χ1v) is 8.33. The fourth-order valence-corrected chi connectivity index (χ4v) is 2.31. The molecule has 8 heteroatoms. The Bertz CT molecular complexity index is 848. The first-order valence-electron chi connectivity index (χ1n) is 8.33. The molecule has 0 bridgehead atoms. The van der Waals surface area contributed by atoms with Crippen LogP contribution in [0, 0.1) is 0 Å². The molecule has 0 spiro atoms. The molecule has 0 aromatic heterocycles. The van der Waals surface area contributed by atoms with Crippen LogP contribution in [0.3, 0.4) is 0 Å². The number of ether oxygens (including phenoxy) is 1. The number of alkyl halides is 3. The van der Waals surface area contributed by atoms with Gasteiger partial charge in [0.2, 0.25) is 0 Å². The van der Waals surface area contributed by atoms with Gasteiger partial charge in [0.25, 0.3) is 0 Å². The van der Waals surface area contributed by atoms with Crippen LogP contribution in [0.4, 0.5) is 18.0 Å². The molecule has 0 unspecified atom stereocenters. The highest BCUT2D eigenvalue weighted by Gasteiger charge is 2.31. The van der Waals surface area contributed by atoms with E-state index >= 15 is 0 Å². The number of benzene rings is 2. The Morgan fingerprint density at radius 3 is 2.46 bits per heavy atom. The largest absolute Gasteiger partial charge is 0.478 e. The number of hydrogen-bond donors (Lipinski definition) is 2. The van der Waals surface area contributed by atoms with Crippen LogP contribution in [0.5, 0.6) is 0 Å². The Morgan fingerprint density at radius 1 is 1.11 bits per heavy atom. The molecule has 0 radical (unpaired) electrons. The summed E-state index contributed by atoms with van der Waals surface area (Å²) in [5, 5.41) is 11.6. The van der Waals surface area contributed by atoms with E-state index in [0.717, 1.165) is 23.8 Å². The van der Waals surface area contributed by atoms with Gasteiger partial charge in [0, 0.05) is 6.54 Å². The number of aromatic carboxylic acids is 1. The predicted octanol–water partition coefficient (Wildman–Crippen LogP) is 4.73. The summed E-state index contributed by atoms with van der Waals surface area (Å²) < 4.78 is 43.4. The number of carboxylic acids is 1. The topological polar surface area (TPSA) is 75.6 Å². The molecular weight excluding hydrogens is 375 g/mol. The summed E-state index contributed by atoms with van der Waals surface area (Å²) in [6, 6.07) is 11.5. The first-order chi connectivity index (χ1) is 13.3. The lowest BCUT2D eigenvalue weighted by atomic mass is 10.0. The molecule has 0 aliphatic carbocycles. The summed E-state index contributed by atoms with van der Waals surface area (Å²) >= 11 is 0. The van der Waals surface area contributed by atoms with E-state index in [4.69, 9.17) is 9.84 Å². The minimum absolute atomic E-state index is 0.0611. The van der Waals surface area contributed by atoms with Crippen molar-refractivity contribution in [2.45, 2.75) is 19.2 Å². The van der Waals surface area contributed by atoms with Crippen LogP contribution in [-0.4, -0.2) is 23.7 Å². The Balaban J connectivity index is 1.86. The average molecular weight is 393 g/mol. The fraction of sp³-hybridized carbons (Fsp3) is 0.200. The smallest absolute Gasteiger partial charge is 0.416 e. The molecule has 2 aromatic rings. The second-order valence-electron chi connectivity index (χ2n) is 5.78. The lowest BCUT2D eigenvalue weighted by molar-refractivity contribution is -0.137. The van der Waals surface area contributed by atoms with Crippen LogP contribution < -0.4 is 5.32 Å². The molecule has 0 heterocycles. The van der Waals surface area contributed by atoms with Gasteiger partial charge in [-0.05, 0) is 35.7 Å². The number of amides is 1. The third kappa shape index (κ3) is 6.46. The molecule has 0 saturated heterocycles. The van der Waals surface area contributed by atoms with Crippen LogP contribution in [0.15, 0.2) is 54.6 Å². The number of carbonyl (C=O) groups is 2. The van der Waals surface area contributed by atoms with Gasteiger partial charge in [-0.15, -0.1) is 0 Å². The lowest BCUT2D eigenvalue weighted by Crippen LogP contribution is -2.24. The van der Waals surface area contributed by atoms with E-state index in [1.54, 1.807) is 0 Å².